The minimum atomic E-state index is 0.0104. The van der Waals surface area contributed by atoms with E-state index in [1.165, 1.54) is 0 Å². The summed E-state index contributed by atoms with van der Waals surface area (Å²) in [6, 6.07) is 5.62. The fourth-order valence-corrected chi connectivity index (χ4v) is 2.06. The second-order valence-electron chi connectivity index (χ2n) is 5.28. The van der Waals surface area contributed by atoms with E-state index in [1.54, 1.807) is 0 Å². The Balaban J connectivity index is 1.72. The van der Waals surface area contributed by atoms with Crippen LogP contribution in [-0.4, -0.2) is 38.4 Å². The normalized spacial score (nSPS) is 13.3. The Morgan fingerprint density at radius 1 is 1.29 bits per heavy atom. The van der Waals surface area contributed by atoms with Gasteiger partial charge in [0, 0.05) is 13.2 Å². The average molecular weight is 293 g/mol. The first-order valence-electron chi connectivity index (χ1n) is 7.42. The number of hydrogen-bond acceptors (Lipinski definition) is 4. The van der Waals surface area contributed by atoms with E-state index in [0.29, 0.717) is 32.8 Å². The Hall–Kier alpha value is -1.75. The van der Waals surface area contributed by atoms with Gasteiger partial charge in [-0.25, -0.2) is 0 Å². The first-order valence-corrected chi connectivity index (χ1v) is 7.42. The zero-order valence-corrected chi connectivity index (χ0v) is 12.7. The number of rotatable bonds is 7. The number of hydrogen-bond donors (Lipinski definition) is 1. The maximum atomic E-state index is 11.9. The molecule has 1 aliphatic heterocycles. The van der Waals surface area contributed by atoms with Gasteiger partial charge >= 0.3 is 0 Å². The van der Waals surface area contributed by atoms with E-state index in [1.807, 2.05) is 32.0 Å². The predicted molar refractivity (Wildman–Crippen MR) is 79.9 cm³/mol. The van der Waals surface area contributed by atoms with Gasteiger partial charge in [0.15, 0.2) is 11.5 Å². The van der Waals surface area contributed by atoms with Gasteiger partial charge in [-0.15, -0.1) is 0 Å². The third-order valence-corrected chi connectivity index (χ3v) is 3.07. The van der Waals surface area contributed by atoms with E-state index >= 15 is 0 Å². The molecule has 0 radical (unpaired) electrons. The first kappa shape index (κ1) is 15.6. The fourth-order valence-electron chi connectivity index (χ4n) is 2.06. The maximum Gasteiger partial charge on any atom is 0.224 e. The summed E-state index contributed by atoms with van der Waals surface area (Å²) in [4.78, 5) is 11.9. The molecule has 1 heterocycles. The SMILES string of the molecule is CC(C)OCCCNC(=O)Cc1ccc2c(c1)OCCO2. The molecular weight excluding hydrogens is 270 g/mol. The van der Waals surface area contributed by atoms with Crippen LogP contribution in [0.5, 0.6) is 11.5 Å². The highest BCUT2D eigenvalue weighted by Gasteiger charge is 2.12. The lowest BCUT2D eigenvalue weighted by molar-refractivity contribution is -0.120. The molecule has 21 heavy (non-hydrogen) atoms. The average Bonchev–Trinajstić information content (AvgIpc) is 2.46. The predicted octanol–water partition coefficient (Wildman–Crippen LogP) is 1.93. The Morgan fingerprint density at radius 2 is 2.05 bits per heavy atom. The molecule has 0 atom stereocenters. The second kappa shape index (κ2) is 7.88. The lowest BCUT2D eigenvalue weighted by atomic mass is 10.1. The maximum absolute atomic E-state index is 11.9. The quantitative estimate of drug-likeness (QED) is 0.781. The Morgan fingerprint density at radius 3 is 2.81 bits per heavy atom. The molecule has 1 aliphatic rings. The lowest BCUT2D eigenvalue weighted by Crippen LogP contribution is -2.27. The topological polar surface area (TPSA) is 56.8 Å². The molecule has 0 unspecified atom stereocenters. The second-order valence-corrected chi connectivity index (χ2v) is 5.28. The van der Waals surface area contributed by atoms with Crippen molar-refractivity contribution in [3.8, 4) is 11.5 Å². The lowest BCUT2D eigenvalue weighted by Gasteiger charge is -2.18. The van der Waals surface area contributed by atoms with Crippen molar-refractivity contribution in [2.45, 2.75) is 32.8 Å². The summed E-state index contributed by atoms with van der Waals surface area (Å²) in [5.74, 6) is 1.48. The van der Waals surface area contributed by atoms with Crippen molar-refractivity contribution in [2.24, 2.45) is 0 Å². The van der Waals surface area contributed by atoms with E-state index in [4.69, 9.17) is 14.2 Å². The van der Waals surface area contributed by atoms with Crippen molar-refractivity contribution in [1.29, 1.82) is 0 Å². The molecule has 0 bridgehead atoms. The Labute approximate surface area is 125 Å². The number of ether oxygens (including phenoxy) is 3. The molecule has 1 aromatic carbocycles. The van der Waals surface area contributed by atoms with E-state index in [-0.39, 0.29) is 12.0 Å². The third kappa shape index (κ3) is 5.27. The van der Waals surface area contributed by atoms with E-state index in [2.05, 4.69) is 5.32 Å². The van der Waals surface area contributed by atoms with E-state index in [9.17, 15) is 4.79 Å². The van der Waals surface area contributed by atoms with Gasteiger partial charge in [-0.1, -0.05) is 6.07 Å². The molecule has 116 valence electrons. The monoisotopic (exact) mass is 293 g/mol. The zero-order chi connectivity index (χ0) is 15.1. The molecule has 0 aliphatic carbocycles. The van der Waals surface area contributed by atoms with Gasteiger partial charge in [0.05, 0.1) is 12.5 Å². The Bertz CT molecular complexity index is 473. The van der Waals surface area contributed by atoms with Gasteiger partial charge in [-0.2, -0.15) is 0 Å². The number of fused-ring (bicyclic) bond motifs is 1. The number of carbonyl (C=O) groups excluding carboxylic acids is 1. The molecular formula is C16H23NO4. The van der Waals surface area contributed by atoms with Gasteiger partial charge < -0.3 is 19.5 Å². The molecule has 0 saturated carbocycles. The van der Waals surface area contributed by atoms with Crippen LogP contribution in [0.25, 0.3) is 0 Å². The first-order chi connectivity index (χ1) is 10.1. The highest BCUT2D eigenvalue weighted by molar-refractivity contribution is 5.78. The van der Waals surface area contributed by atoms with Gasteiger partial charge in [0.1, 0.15) is 13.2 Å². The number of carbonyl (C=O) groups is 1. The van der Waals surface area contributed by atoms with Gasteiger partial charge in [-0.05, 0) is 38.0 Å². The highest BCUT2D eigenvalue weighted by Crippen LogP contribution is 2.30. The summed E-state index contributed by atoms with van der Waals surface area (Å²) in [5, 5.41) is 2.89. The van der Waals surface area contributed by atoms with Crippen LogP contribution >= 0.6 is 0 Å². The molecule has 2 rings (SSSR count). The van der Waals surface area contributed by atoms with Crippen LogP contribution in [0.4, 0.5) is 0 Å². The minimum absolute atomic E-state index is 0.0104. The summed E-state index contributed by atoms with van der Waals surface area (Å²) in [6.45, 7) is 6.43. The fraction of sp³-hybridized carbons (Fsp3) is 0.562. The molecule has 0 spiro atoms. The standard InChI is InChI=1S/C16H23NO4/c1-12(2)19-7-3-6-17-16(18)11-13-4-5-14-15(10-13)21-9-8-20-14/h4-5,10,12H,3,6-9,11H2,1-2H3,(H,17,18). The minimum Gasteiger partial charge on any atom is -0.486 e. The van der Waals surface area contributed by atoms with Gasteiger partial charge in [-0.3, -0.25) is 4.79 Å². The van der Waals surface area contributed by atoms with Crippen molar-refractivity contribution < 1.29 is 19.0 Å². The molecule has 0 saturated heterocycles. The van der Waals surface area contributed by atoms with Crippen LogP contribution in [0.3, 0.4) is 0 Å². The van der Waals surface area contributed by atoms with Crippen LogP contribution in [-0.2, 0) is 16.0 Å². The van der Waals surface area contributed by atoms with Crippen molar-refractivity contribution in [2.75, 3.05) is 26.4 Å². The molecule has 1 N–H and O–H groups in total. The number of benzene rings is 1. The van der Waals surface area contributed by atoms with Crippen LogP contribution in [0.15, 0.2) is 18.2 Å². The summed E-state index contributed by atoms with van der Waals surface area (Å²) in [6.07, 6.45) is 1.41. The summed E-state index contributed by atoms with van der Waals surface area (Å²) < 4.78 is 16.4. The van der Waals surface area contributed by atoms with Crippen LogP contribution in [0.2, 0.25) is 0 Å². The van der Waals surface area contributed by atoms with Crippen molar-refractivity contribution in [3.05, 3.63) is 23.8 Å². The van der Waals surface area contributed by atoms with Gasteiger partial charge in [0.25, 0.3) is 0 Å². The van der Waals surface area contributed by atoms with Crippen LogP contribution in [0, 0.1) is 0 Å². The largest absolute Gasteiger partial charge is 0.486 e. The smallest absolute Gasteiger partial charge is 0.224 e. The molecule has 0 aromatic heterocycles. The number of nitrogens with one attached hydrogen (secondary N) is 1. The molecule has 1 amide bonds. The highest BCUT2D eigenvalue weighted by atomic mass is 16.6. The summed E-state index contributed by atoms with van der Waals surface area (Å²) >= 11 is 0. The summed E-state index contributed by atoms with van der Waals surface area (Å²) in [5.41, 5.74) is 0.926. The summed E-state index contributed by atoms with van der Waals surface area (Å²) in [7, 11) is 0. The molecule has 5 nitrogen and oxygen atoms in total. The molecule has 1 aromatic rings. The Kier molecular flexibility index (Phi) is 5.87. The van der Waals surface area contributed by atoms with E-state index in [0.717, 1.165) is 23.5 Å². The third-order valence-electron chi connectivity index (χ3n) is 3.07. The van der Waals surface area contributed by atoms with Crippen molar-refractivity contribution >= 4 is 5.91 Å². The number of amides is 1. The molecule has 5 heteroatoms. The van der Waals surface area contributed by atoms with Crippen molar-refractivity contribution in [3.63, 3.8) is 0 Å². The van der Waals surface area contributed by atoms with Crippen LogP contribution < -0.4 is 14.8 Å². The van der Waals surface area contributed by atoms with Crippen molar-refractivity contribution in [1.82, 2.24) is 5.32 Å². The van der Waals surface area contributed by atoms with E-state index < -0.39 is 0 Å². The zero-order valence-electron chi connectivity index (χ0n) is 12.7. The molecule has 0 fully saturated rings. The van der Waals surface area contributed by atoms with Crippen LogP contribution in [0.1, 0.15) is 25.8 Å². The van der Waals surface area contributed by atoms with Gasteiger partial charge in [0.2, 0.25) is 5.91 Å².